The van der Waals surface area contributed by atoms with Gasteiger partial charge >= 0.3 is 7.82 Å². The number of imidazole rings is 1. The van der Waals surface area contributed by atoms with Gasteiger partial charge in [0.1, 0.15) is 36.3 Å². The van der Waals surface area contributed by atoms with Crippen molar-refractivity contribution >= 4 is 49.4 Å². The summed E-state index contributed by atoms with van der Waals surface area (Å²) >= 11 is 0. The number of aliphatic hydroxyl groups is 1. The Morgan fingerprint density at radius 2 is 1.63 bits per heavy atom. The van der Waals surface area contributed by atoms with Crippen molar-refractivity contribution in [3.63, 3.8) is 0 Å². The van der Waals surface area contributed by atoms with E-state index in [0.717, 1.165) is 25.8 Å². The first-order valence-corrected chi connectivity index (χ1v) is 19.9. The maximum absolute atomic E-state index is 13.9. The predicted octanol–water partition coefficient (Wildman–Crippen LogP) is -0.359. The molecule has 0 bridgehead atoms. The first-order valence-electron chi connectivity index (χ1n) is 18.4. The van der Waals surface area contributed by atoms with E-state index in [1.54, 1.807) is 6.21 Å². The number of H-pyrrole nitrogens is 1. The number of phosphoric ester groups is 1. The average Bonchev–Trinajstić information content (AvgIpc) is 3.82. The van der Waals surface area contributed by atoms with Crippen LogP contribution in [0.4, 0.5) is 0 Å². The Morgan fingerprint density at radius 3 is 2.21 bits per heavy atom. The molecule has 2 heterocycles. The van der Waals surface area contributed by atoms with E-state index < -0.39 is 86.3 Å². The maximum Gasteiger partial charge on any atom is 0.469 e. The molecule has 1 aromatic carbocycles. The van der Waals surface area contributed by atoms with Gasteiger partial charge in [-0.1, -0.05) is 49.3 Å². The minimum atomic E-state index is -5.05. The van der Waals surface area contributed by atoms with Gasteiger partial charge in [0.15, 0.2) is 5.78 Å². The lowest BCUT2D eigenvalue weighted by Crippen LogP contribution is -2.60. The molecule has 0 radical (unpaired) electrons. The van der Waals surface area contributed by atoms with Crippen LogP contribution in [0, 0.1) is 5.92 Å². The number of benzene rings is 1. The summed E-state index contributed by atoms with van der Waals surface area (Å²) in [6, 6.07) is 3.04. The second-order valence-corrected chi connectivity index (χ2v) is 15.3. The number of rotatable bonds is 22. The Morgan fingerprint density at radius 1 is 0.982 bits per heavy atom. The van der Waals surface area contributed by atoms with Crippen molar-refractivity contribution in [1.29, 1.82) is 0 Å². The van der Waals surface area contributed by atoms with Crippen molar-refractivity contribution in [2.24, 2.45) is 11.1 Å². The summed E-state index contributed by atoms with van der Waals surface area (Å²) < 4.78 is 15.8. The molecule has 3 rings (SSSR count). The Labute approximate surface area is 330 Å². The van der Waals surface area contributed by atoms with Gasteiger partial charge in [0.2, 0.25) is 29.5 Å². The number of aliphatic hydroxyl groups excluding tert-OH is 1. The number of Topliss-reactive ketones (excluding diaryl/α,β-unsaturated/α-hetero) is 1. The fourth-order valence-corrected chi connectivity index (χ4v) is 6.70. The third-order valence-electron chi connectivity index (χ3n) is 8.94. The molecule has 20 nitrogen and oxygen atoms in total. The molecule has 1 aliphatic heterocycles. The summed E-state index contributed by atoms with van der Waals surface area (Å²) in [7, 11) is -5.05. The van der Waals surface area contributed by atoms with Gasteiger partial charge in [-0.15, -0.1) is 0 Å². The van der Waals surface area contributed by atoms with Gasteiger partial charge in [-0.2, -0.15) is 0 Å². The van der Waals surface area contributed by atoms with Crippen LogP contribution in [-0.4, -0.2) is 127 Å². The number of phosphoric acid groups is 1. The second-order valence-electron chi connectivity index (χ2n) is 14.1. The number of ketones is 1. The highest BCUT2D eigenvalue weighted by Gasteiger charge is 2.41. The summed E-state index contributed by atoms with van der Waals surface area (Å²) in [5.74, 6) is -4.64. The number of aromatic amines is 1. The fraction of sp³-hybridized carbons (Fsp3) is 0.556. The van der Waals surface area contributed by atoms with Crippen molar-refractivity contribution in [2.45, 2.75) is 109 Å². The van der Waals surface area contributed by atoms with Crippen molar-refractivity contribution in [3.05, 3.63) is 54.1 Å². The number of carbonyl (C=O) groups excluding carboxylic acids is 6. The van der Waals surface area contributed by atoms with Crippen molar-refractivity contribution < 1.29 is 57.6 Å². The zero-order valence-corrected chi connectivity index (χ0v) is 33.4. The van der Waals surface area contributed by atoms with Gasteiger partial charge in [-0.05, 0) is 44.6 Å². The number of aromatic nitrogens is 2. The number of oxime groups is 1. The lowest BCUT2D eigenvalue weighted by atomic mass is 10.0. The van der Waals surface area contributed by atoms with Crippen LogP contribution in [0.1, 0.15) is 65.1 Å². The summed E-state index contributed by atoms with van der Waals surface area (Å²) in [6.45, 7) is 6.27. The summed E-state index contributed by atoms with van der Waals surface area (Å²) in [5.41, 5.74) is 1.54. The molecule has 1 aromatic heterocycles. The van der Waals surface area contributed by atoms with E-state index in [-0.39, 0.29) is 37.6 Å². The highest BCUT2D eigenvalue weighted by Crippen LogP contribution is 2.38. The van der Waals surface area contributed by atoms with Crippen LogP contribution in [-0.2, 0) is 55.5 Å². The monoisotopic (exact) mass is 820 g/mol. The number of hydrogen-bond acceptors (Lipinski definition) is 12. The molecule has 21 heteroatoms. The zero-order chi connectivity index (χ0) is 42.3. The SMILES string of the molecule is CC(=O)[C@@H](NC(=O)[C@H](CO)NC(=O)[C@H](Cc1cnc[nH]1)NC(=O)[C@H](CC(C)C)NC(=O)[C@@H]1CC(O/N=C/CCc2ccccc2)CN1C(C)=O)[C@@H](C)OP(=O)(O)O. The van der Waals surface area contributed by atoms with E-state index in [1.807, 2.05) is 44.2 Å². The Hall–Kier alpha value is -5.01. The molecule has 314 valence electrons. The number of amides is 5. The van der Waals surface area contributed by atoms with E-state index in [9.17, 15) is 38.4 Å². The maximum atomic E-state index is 13.9. The van der Waals surface area contributed by atoms with Crippen LogP contribution in [0.2, 0.25) is 0 Å². The molecule has 0 aliphatic carbocycles. The predicted molar refractivity (Wildman–Crippen MR) is 204 cm³/mol. The number of carbonyl (C=O) groups is 6. The van der Waals surface area contributed by atoms with Gasteiger partial charge in [-0.25, -0.2) is 9.55 Å². The number of hydrogen-bond donors (Lipinski definition) is 8. The first kappa shape index (κ1) is 46.4. The number of aryl methyl sites for hydroxylation is 1. The first-order chi connectivity index (χ1) is 26.9. The van der Waals surface area contributed by atoms with Gasteiger partial charge in [0.05, 0.1) is 25.6 Å². The number of nitrogens with one attached hydrogen (secondary N) is 5. The third-order valence-corrected chi connectivity index (χ3v) is 9.54. The van der Waals surface area contributed by atoms with E-state index in [0.29, 0.717) is 12.1 Å². The van der Waals surface area contributed by atoms with Crippen LogP contribution in [0.5, 0.6) is 0 Å². The molecule has 0 saturated carbocycles. The van der Waals surface area contributed by atoms with Crippen molar-refractivity contribution in [3.8, 4) is 0 Å². The van der Waals surface area contributed by atoms with Gasteiger partial charge in [0, 0.05) is 37.9 Å². The summed E-state index contributed by atoms with van der Waals surface area (Å²) in [5, 5.41) is 23.9. The van der Waals surface area contributed by atoms with E-state index in [1.165, 1.54) is 24.3 Å². The van der Waals surface area contributed by atoms with Crippen LogP contribution >= 0.6 is 7.82 Å². The largest absolute Gasteiger partial charge is 0.469 e. The quantitative estimate of drug-likeness (QED) is 0.0429. The Balaban J connectivity index is 1.72. The molecule has 1 saturated heterocycles. The highest BCUT2D eigenvalue weighted by molar-refractivity contribution is 7.46. The van der Waals surface area contributed by atoms with Crippen LogP contribution in [0.15, 0.2) is 48.0 Å². The topological polar surface area (TPSA) is 291 Å². The van der Waals surface area contributed by atoms with Crippen molar-refractivity contribution in [2.75, 3.05) is 13.2 Å². The van der Waals surface area contributed by atoms with Crippen LogP contribution < -0.4 is 21.3 Å². The van der Waals surface area contributed by atoms with E-state index >= 15 is 0 Å². The molecule has 7 atom stereocenters. The lowest BCUT2D eigenvalue weighted by Gasteiger charge is -2.28. The molecule has 1 unspecified atom stereocenters. The normalized spacial score (nSPS) is 18.3. The van der Waals surface area contributed by atoms with E-state index in [4.69, 9.17) is 14.6 Å². The third kappa shape index (κ3) is 15.5. The molecule has 2 aromatic rings. The van der Waals surface area contributed by atoms with Crippen LogP contribution in [0.3, 0.4) is 0 Å². The lowest BCUT2D eigenvalue weighted by molar-refractivity contribution is -0.139. The minimum absolute atomic E-state index is 0.0965. The molecule has 5 amide bonds. The molecule has 1 aliphatic rings. The standard InChI is InChI=1S/C36H53N8O12P/c1-21(2)14-28(41-36(51)31-16-27(18-44(31)24(5)47)55-39-13-9-12-25-10-7-6-8-11-25)33(48)40-29(15-26-17-37-20-38-26)34(49)42-30(19-45)35(50)43-32(22(3)46)23(4)56-57(52,53)54/h6-8,10-11,13,17,20-21,23,27-32,45H,9,12,14-16,18-19H2,1-5H3,(H,37,38)(H,40,48)(H,41,51)(H,42,49)(H,43,50)(H2,52,53,54)/b39-13+/t23-,27?,28+,29+,30+,31+,32-/m1/s1. The Kier molecular flexibility index (Phi) is 18.0. The fourth-order valence-electron chi connectivity index (χ4n) is 6.14. The molecule has 1 fully saturated rings. The van der Waals surface area contributed by atoms with Crippen molar-refractivity contribution in [1.82, 2.24) is 36.1 Å². The summed E-state index contributed by atoms with van der Waals surface area (Å²) in [6.07, 6.45) is 3.75. The van der Waals surface area contributed by atoms with Crippen LogP contribution in [0.25, 0.3) is 0 Å². The van der Waals surface area contributed by atoms with E-state index in [2.05, 4.69) is 40.9 Å². The molecule has 57 heavy (non-hydrogen) atoms. The Bertz CT molecular complexity index is 1740. The van der Waals surface area contributed by atoms with Gasteiger partial charge < -0.3 is 50.9 Å². The number of likely N-dealkylation sites (tertiary alicyclic amines) is 1. The molecular formula is C36H53N8O12P. The molecule has 0 spiro atoms. The molecule has 8 N–H and O–H groups in total. The summed E-state index contributed by atoms with van der Waals surface area (Å²) in [4.78, 5) is 111. The average molecular weight is 821 g/mol. The van der Waals surface area contributed by atoms with Gasteiger partial charge in [0.25, 0.3) is 0 Å². The smallest absolute Gasteiger partial charge is 0.394 e. The van der Waals surface area contributed by atoms with Gasteiger partial charge in [-0.3, -0.25) is 33.3 Å². The zero-order valence-electron chi connectivity index (χ0n) is 32.5. The second kappa shape index (κ2) is 22.1. The number of nitrogens with zero attached hydrogens (tertiary/aromatic N) is 3. The minimum Gasteiger partial charge on any atom is -0.394 e. The highest BCUT2D eigenvalue weighted by atomic mass is 31.2. The molecular weight excluding hydrogens is 767 g/mol.